The highest BCUT2D eigenvalue weighted by atomic mass is 79.9. The lowest BCUT2D eigenvalue weighted by molar-refractivity contribution is 0.424. The van der Waals surface area contributed by atoms with Crippen molar-refractivity contribution in [3.8, 4) is 0 Å². The van der Waals surface area contributed by atoms with Gasteiger partial charge in [-0.1, -0.05) is 6.92 Å². The quantitative estimate of drug-likeness (QED) is 0.844. The lowest BCUT2D eigenvalue weighted by Gasteiger charge is -2.19. The molecular formula is C14H14BrF2NO. The van der Waals surface area contributed by atoms with Crippen molar-refractivity contribution in [1.29, 1.82) is 0 Å². The molecule has 5 heteroatoms. The molecule has 1 aromatic carbocycles. The molecule has 19 heavy (non-hydrogen) atoms. The van der Waals surface area contributed by atoms with E-state index in [-0.39, 0.29) is 10.0 Å². The summed E-state index contributed by atoms with van der Waals surface area (Å²) in [5.41, 5.74) is 0.819. The molecule has 0 aliphatic heterocycles. The largest absolute Gasteiger partial charge is 0.467 e. The molecule has 1 unspecified atom stereocenters. The molecule has 0 fully saturated rings. The van der Waals surface area contributed by atoms with Crippen molar-refractivity contribution in [2.45, 2.75) is 19.9 Å². The van der Waals surface area contributed by atoms with Crippen molar-refractivity contribution < 1.29 is 13.2 Å². The molecule has 1 atom stereocenters. The molecule has 0 saturated carbocycles. The third kappa shape index (κ3) is 2.72. The number of nitrogens with one attached hydrogen (secondary N) is 1. The Morgan fingerprint density at radius 3 is 2.63 bits per heavy atom. The van der Waals surface area contributed by atoms with Gasteiger partial charge < -0.3 is 9.73 Å². The predicted octanol–water partition coefficient (Wildman–Crippen LogP) is 4.33. The second-order valence-electron chi connectivity index (χ2n) is 4.22. The van der Waals surface area contributed by atoms with E-state index < -0.39 is 17.7 Å². The van der Waals surface area contributed by atoms with Gasteiger partial charge in [-0.05, 0) is 53.2 Å². The van der Waals surface area contributed by atoms with Gasteiger partial charge >= 0.3 is 0 Å². The number of hydrogen-bond acceptors (Lipinski definition) is 2. The standard InChI is InChI=1S/C14H14BrF2NO/c1-3-18-13(14-8(2)6-7-19-14)11-10(16)5-4-9(15)12(11)17/h4-7,13,18H,3H2,1-2H3. The fraction of sp³-hybridized carbons (Fsp3) is 0.286. The lowest BCUT2D eigenvalue weighted by Crippen LogP contribution is -2.24. The van der Waals surface area contributed by atoms with Gasteiger partial charge in [-0.25, -0.2) is 8.78 Å². The van der Waals surface area contributed by atoms with Crippen LogP contribution in [-0.2, 0) is 0 Å². The first-order chi connectivity index (χ1) is 9.06. The van der Waals surface area contributed by atoms with Crippen LogP contribution in [0.25, 0.3) is 0 Å². The van der Waals surface area contributed by atoms with Crippen LogP contribution in [0, 0.1) is 18.6 Å². The molecule has 2 aromatic rings. The number of benzene rings is 1. The molecule has 0 bridgehead atoms. The molecule has 2 nitrogen and oxygen atoms in total. The monoisotopic (exact) mass is 329 g/mol. The van der Waals surface area contributed by atoms with Crippen LogP contribution in [0.5, 0.6) is 0 Å². The summed E-state index contributed by atoms with van der Waals surface area (Å²) in [4.78, 5) is 0. The summed E-state index contributed by atoms with van der Waals surface area (Å²) in [6.45, 7) is 4.28. The van der Waals surface area contributed by atoms with E-state index in [1.54, 1.807) is 6.07 Å². The van der Waals surface area contributed by atoms with Crippen LogP contribution < -0.4 is 5.32 Å². The first-order valence-electron chi connectivity index (χ1n) is 5.97. The zero-order chi connectivity index (χ0) is 14.0. The predicted molar refractivity (Wildman–Crippen MR) is 73.0 cm³/mol. The number of rotatable bonds is 4. The highest BCUT2D eigenvalue weighted by Gasteiger charge is 2.26. The van der Waals surface area contributed by atoms with Gasteiger partial charge in [0.25, 0.3) is 0 Å². The van der Waals surface area contributed by atoms with E-state index in [1.165, 1.54) is 18.4 Å². The summed E-state index contributed by atoms with van der Waals surface area (Å²) >= 11 is 3.08. The molecule has 2 rings (SSSR count). The fourth-order valence-electron chi connectivity index (χ4n) is 2.02. The van der Waals surface area contributed by atoms with Gasteiger partial charge in [0.05, 0.1) is 16.8 Å². The van der Waals surface area contributed by atoms with E-state index in [9.17, 15) is 8.78 Å². The zero-order valence-corrected chi connectivity index (χ0v) is 12.2. The van der Waals surface area contributed by atoms with Crippen molar-refractivity contribution in [3.05, 3.63) is 57.5 Å². The van der Waals surface area contributed by atoms with Gasteiger partial charge in [0.15, 0.2) is 0 Å². The third-order valence-corrected chi connectivity index (χ3v) is 3.55. The first-order valence-corrected chi connectivity index (χ1v) is 6.76. The van der Waals surface area contributed by atoms with Crippen LogP contribution in [0.4, 0.5) is 8.78 Å². The van der Waals surface area contributed by atoms with Gasteiger partial charge in [0, 0.05) is 5.56 Å². The maximum atomic E-state index is 14.2. The molecule has 1 aromatic heterocycles. The van der Waals surface area contributed by atoms with Crippen LogP contribution in [0.2, 0.25) is 0 Å². The summed E-state index contributed by atoms with van der Waals surface area (Å²) in [7, 11) is 0. The van der Waals surface area contributed by atoms with Crippen molar-refractivity contribution in [2.24, 2.45) is 0 Å². The Balaban J connectivity index is 2.57. The van der Waals surface area contributed by atoms with Gasteiger partial charge in [-0.3, -0.25) is 0 Å². The Labute approximate surface area is 118 Å². The lowest BCUT2D eigenvalue weighted by atomic mass is 10.0. The molecular weight excluding hydrogens is 316 g/mol. The fourth-order valence-corrected chi connectivity index (χ4v) is 2.36. The molecule has 102 valence electrons. The van der Waals surface area contributed by atoms with Crippen molar-refractivity contribution in [3.63, 3.8) is 0 Å². The highest BCUT2D eigenvalue weighted by Crippen LogP contribution is 2.32. The summed E-state index contributed by atoms with van der Waals surface area (Å²) in [5.74, 6) is -0.679. The van der Waals surface area contributed by atoms with Crippen LogP contribution in [0.3, 0.4) is 0 Å². The Hall–Kier alpha value is -1.20. The molecule has 1 N–H and O–H groups in total. The van der Waals surface area contributed by atoms with Crippen molar-refractivity contribution in [2.75, 3.05) is 6.54 Å². The molecule has 0 spiro atoms. The minimum atomic E-state index is -0.641. The SMILES string of the molecule is CCNC(c1occc1C)c1c(F)ccc(Br)c1F. The number of halogens is 3. The van der Waals surface area contributed by atoms with Crippen molar-refractivity contribution in [1.82, 2.24) is 5.32 Å². The summed E-state index contributed by atoms with van der Waals surface area (Å²) in [6, 6.07) is 3.72. The van der Waals surface area contributed by atoms with E-state index in [1.807, 2.05) is 13.8 Å². The summed E-state index contributed by atoms with van der Waals surface area (Å²) in [5, 5.41) is 3.06. The maximum Gasteiger partial charge on any atom is 0.145 e. The zero-order valence-electron chi connectivity index (χ0n) is 10.6. The summed E-state index contributed by atoms with van der Waals surface area (Å²) in [6.07, 6.45) is 1.52. The van der Waals surface area contributed by atoms with E-state index >= 15 is 0 Å². The number of aryl methyl sites for hydroxylation is 1. The average molecular weight is 330 g/mol. The smallest absolute Gasteiger partial charge is 0.145 e. The third-order valence-electron chi connectivity index (χ3n) is 2.94. The van der Waals surface area contributed by atoms with Crippen molar-refractivity contribution >= 4 is 15.9 Å². The Kier molecular flexibility index (Phi) is 4.37. The minimum absolute atomic E-state index is 0.0331. The second-order valence-corrected chi connectivity index (χ2v) is 5.07. The Morgan fingerprint density at radius 2 is 2.05 bits per heavy atom. The molecule has 0 radical (unpaired) electrons. The molecule has 0 aliphatic rings. The Bertz CT molecular complexity index is 583. The highest BCUT2D eigenvalue weighted by molar-refractivity contribution is 9.10. The molecule has 0 saturated heterocycles. The molecule has 0 amide bonds. The molecule has 0 aliphatic carbocycles. The second kappa shape index (κ2) is 5.84. The number of hydrogen-bond donors (Lipinski definition) is 1. The number of furan rings is 1. The van der Waals surface area contributed by atoms with Gasteiger partial charge in [0.2, 0.25) is 0 Å². The topological polar surface area (TPSA) is 25.2 Å². The van der Waals surface area contributed by atoms with E-state index in [4.69, 9.17) is 4.42 Å². The minimum Gasteiger partial charge on any atom is -0.467 e. The van der Waals surface area contributed by atoms with Gasteiger partial charge in [0.1, 0.15) is 17.4 Å². The molecule has 1 heterocycles. The normalized spacial score (nSPS) is 12.7. The van der Waals surface area contributed by atoms with Gasteiger partial charge in [-0.2, -0.15) is 0 Å². The van der Waals surface area contributed by atoms with E-state index in [2.05, 4.69) is 21.2 Å². The average Bonchev–Trinajstić information content (AvgIpc) is 2.79. The van der Waals surface area contributed by atoms with E-state index in [0.717, 1.165) is 5.56 Å². The Morgan fingerprint density at radius 1 is 1.32 bits per heavy atom. The van der Waals surface area contributed by atoms with E-state index in [0.29, 0.717) is 12.3 Å². The van der Waals surface area contributed by atoms with Crippen LogP contribution >= 0.6 is 15.9 Å². The maximum absolute atomic E-state index is 14.2. The van der Waals surface area contributed by atoms with Crippen LogP contribution in [0.15, 0.2) is 33.4 Å². The first kappa shape index (κ1) is 14.2. The summed E-state index contributed by atoms with van der Waals surface area (Å²) < 4.78 is 33.8. The van der Waals surface area contributed by atoms with Gasteiger partial charge in [-0.15, -0.1) is 0 Å². The van der Waals surface area contributed by atoms with Crippen LogP contribution in [0.1, 0.15) is 29.9 Å². The van der Waals surface area contributed by atoms with Crippen LogP contribution in [-0.4, -0.2) is 6.54 Å².